The number of aryl methyl sites for hydroxylation is 1. The minimum atomic E-state index is -0.678. The van der Waals surface area contributed by atoms with Crippen LogP contribution in [0, 0.1) is 6.92 Å². The predicted octanol–water partition coefficient (Wildman–Crippen LogP) is 1.95. The zero-order chi connectivity index (χ0) is 16.0. The van der Waals surface area contributed by atoms with Gasteiger partial charge in [0.25, 0.3) is 0 Å². The first-order valence-corrected chi connectivity index (χ1v) is 6.91. The van der Waals surface area contributed by atoms with Gasteiger partial charge in [-0.2, -0.15) is 0 Å². The number of carbonyl (C=O) groups is 3. The molecule has 22 heavy (non-hydrogen) atoms. The van der Waals surface area contributed by atoms with Crippen LogP contribution >= 0.6 is 0 Å². The molecule has 0 bridgehead atoms. The average molecular weight is 292 g/mol. The van der Waals surface area contributed by atoms with E-state index in [-0.39, 0.29) is 16.9 Å². The Kier molecular flexibility index (Phi) is 3.21. The summed E-state index contributed by atoms with van der Waals surface area (Å²) in [5, 5.41) is 0. The highest BCUT2D eigenvalue weighted by Crippen LogP contribution is 2.32. The Bertz CT molecular complexity index is 871. The van der Waals surface area contributed by atoms with Crippen molar-refractivity contribution in [2.45, 2.75) is 13.8 Å². The van der Waals surface area contributed by atoms with E-state index in [9.17, 15) is 14.4 Å². The second-order valence-electron chi connectivity index (χ2n) is 5.46. The number of allylic oxidation sites excluding steroid dienone is 1. The topological polar surface area (TPSA) is 64.3 Å². The number of ketones is 3. The van der Waals surface area contributed by atoms with Crippen molar-refractivity contribution >= 4 is 30.7 Å². The van der Waals surface area contributed by atoms with E-state index in [1.54, 1.807) is 33.0 Å². The third-order valence-corrected chi connectivity index (χ3v) is 3.99. The van der Waals surface area contributed by atoms with E-state index in [0.29, 0.717) is 22.4 Å². The van der Waals surface area contributed by atoms with Crippen LogP contribution in [0.4, 0.5) is 0 Å². The molecule has 1 aliphatic rings. The minimum Gasteiger partial charge on any atom is -0.464 e. The van der Waals surface area contributed by atoms with Crippen molar-refractivity contribution in [1.82, 2.24) is 0 Å². The third-order valence-electron chi connectivity index (χ3n) is 3.99. The SMILES string of the molecule is BC1=C(C)C(=O)C(=O)c2c(C(=O)c3cccc(C)c3)coc21. The van der Waals surface area contributed by atoms with Gasteiger partial charge in [0.1, 0.15) is 19.9 Å². The van der Waals surface area contributed by atoms with Gasteiger partial charge < -0.3 is 4.42 Å². The molecule has 0 spiro atoms. The van der Waals surface area contributed by atoms with E-state index >= 15 is 0 Å². The van der Waals surface area contributed by atoms with Crippen molar-refractivity contribution in [2.75, 3.05) is 0 Å². The molecule has 0 amide bonds. The molecule has 0 unspecified atom stereocenters. The first kappa shape index (κ1) is 14.3. The number of furan rings is 1. The Morgan fingerprint density at radius 1 is 1.14 bits per heavy atom. The number of carbonyl (C=O) groups excluding carboxylic acids is 3. The van der Waals surface area contributed by atoms with Crippen molar-refractivity contribution in [3.8, 4) is 0 Å². The molecule has 0 fully saturated rings. The molecule has 4 nitrogen and oxygen atoms in total. The van der Waals surface area contributed by atoms with Crippen LogP contribution < -0.4 is 0 Å². The maximum Gasteiger partial charge on any atom is 0.237 e. The minimum absolute atomic E-state index is 0.0830. The van der Waals surface area contributed by atoms with E-state index in [1.807, 2.05) is 13.0 Å². The van der Waals surface area contributed by atoms with Crippen LogP contribution in [0.3, 0.4) is 0 Å². The molecule has 1 aliphatic carbocycles. The monoisotopic (exact) mass is 292 g/mol. The van der Waals surface area contributed by atoms with E-state index in [1.165, 1.54) is 6.26 Å². The first-order chi connectivity index (χ1) is 10.4. The summed E-state index contributed by atoms with van der Waals surface area (Å²) in [5.74, 6) is -1.26. The second-order valence-corrected chi connectivity index (χ2v) is 5.46. The predicted molar refractivity (Wildman–Crippen MR) is 83.8 cm³/mol. The lowest BCUT2D eigenvalue weighted by Crippen LogP contribution is -2.24. The maximum atomic E-state index is 12.6. The van der Waals surface area contributed by atoms with Gasteiger partial charge in [-0.1, -0.05) is 23.8 Å². The Hall–Kier alpha value is -2.69. The number of fused-ring (bicyclic) bond motifs is 1. The van der Waals surface area contributed by atoms with E-state index in [4.69, 9.17) is 4.42 Å². The van der Waals surface area contributed by atoms with E-state index < -0.39 is 11.6 Å². The number of benzene rings is 1. The lowest BCUT2D eigenvalue weighted by Gasteiger charge is -2.13. The molecule has 1 aromatic heterocycles. The number of rotatable bonds is 2. The van der Waals surface area contributed by atoms with Crippen molar-refractivity contribution < 1.29 is 18.8 Å². The second kappa shape index (κ2) is 4.95. The smallest absolute Gasteiger partial charge is 0.237 e. The summed E-state index contributed by atoms with van der Waals surface area (Å²) in [7, 11) is 1.71. The van der Waals surface area contributed by atoms with Crippen LogP contribution in [0.2, 0.25) is 0 Å². The van der Waals surface area contributed by atoms with Crippen LogP contribution in [0.5, 0.6) is 0 Å². The normalized spacial score (nSPS) is 14.3. The molecule has 3 rings (SSSR count). The molecular weight excluding hydrogens is 279 g/mol. The molecule has 108 valence electrons. The summed E-state index contributed by atoms with van der Waals surface area (Å²) in [6, 6.07) is 7.08. The highest BCUT2D eigenvalue weighted by Gasteiger charge is 2.35. The fourth-order valence-electron chi connectivity index (χ4n) is 2.59. The van der Waals surface area contributed by atoms with Gasteiger partial charge in [0.15, 0.2) is 5.78 Å². The van der Waals surface area contributed by atoms with Crippen molar-refractivity contribution in [1.29, 1.82) is 0 Å². The van der Waals surface area contributed by atoms with Gasteiger partial charge >= 0.3 is 0 Å². The molecule has 0 N–H and O–H groups in total. The summed E-state index contributed by atoms with van der Waals surface area (Å²) < 4.78 is 5.41. The van der Waals surface area contributed by atoms with E-state index in [2.05, 4.69) is 0 Å². The molecule has 2 aromatic rings. The van der Waals surface area contributed by atoms with Gasteiger partial charge in [0.2, 0.25) is 11.6 Å². The van der Waals surface area contributed by atoms with Gasteiger partial charge in [0, 0.05) is 5.56 Å². The lowest BCUT2D eigenvalue weighted by atomic mass is 9.78. The van der Waals surface area contributed by atoms with Crippen LogP contribution in [-0.4, -0.2) is 25.2 Å². The average Bonchev–Trinajstić information content (AvgIpc) is 2.95. The largest absolute Gasteiger partial charge is 0.464 e. The summed E-state index contributed by atoms with van der Waals surface area (Å²) in [4.78, 5) is 36.9. The fraction of sp³-hybridized carbons (Fsp3) is 0.118. The molecule has 1 aromatic carbocycles. The van der Waals surface area contributed by atoms with Crippen molar-refractivity contribution in [3.63, 3.8) is 0 Å². The summed E-state index contributed by atoms with van der Waals surface area (Å²) in [6.07, 6.45) is 1.27. The number of hydrogen-bond donors (Lipinski definition) is 0. The van der Waals surface area contributed by atoms with Crippen LogP contribution in [0.25, 0.3) is 5.47 Å². The first-order valence-electron chi connectivity index (χ1n) is 6.91. The maximum absolute atomic E-state index is 12.6. The molecular formula is C17H13BO4. The summed E-state index contributed by atoms with van der Waals surface area (Å²) in [6.45, 7) is 3.47. The summed E-state index contributed by atoms with van der Waals surface area (Å²) in [5.41, 5.74) is 2.60. The molecule has 0 radical (unpaired) electrons. The van der Waals surface area contributed by atoms with Gasteiger partial charge in [-0.05, 0) is 31.0 Å². The Labute approximate surface area is 128 Å². The molecule has 1 heterocycles. The van der Waals surface area contributed by atoms with Gasteiger partial charge in [-0.15, -0.1) is 0 Å². The molecule has 5 heteroatoms. The molecule has 0 atom stereocenters. The Morgan fingerprint density at radius 2 is 1.86 bits per heavy atom. The molecule has 0 saturated carbocycles. The van der Waals surface area contributed by atoms with Gasteiger partial charge in [-0.25, -0.2) is 0 Å². The molecule has 0 aliphatic heterocycles. The summed E-state index contributed by atoms with van der Waals surface area (Å²) >= 11 is 0. The Morgan fingerprint density at radius 3 is 2.55 bits per heavy atom. The van der Waals surface area contributed by atoms with Crippen LogP contribution in [0.1, 0.15) is 44.5 Å². The molecule has 0 saturated heterocycles. The van der Waals surface area contributed by atoms with Gasteiger partial charge in [0.05, 0.1) is 11.1 Å². The third kappa shape index (κ3) is 1.97. The zero-order valence-electron chi connectivity index (χ0n) is 12.5. The van der Waals surface area contributed by atoms with Crippen molar-refractivity contribution in [2.24, 2.45) is 0 Å². The van der Waals surface area contributed by atoms with Gasteiger partial charge in [-0.3, -0.25) is 14.4 Å². The highest BCUT2D eigenvalue weighted by molar-refractivity contribution is 6.59. The van der Waals surface area contributed by atoms with E-state index in [0.717, 1.165) is 5.56 Å². The zero-order valence-corrected chi connectivity index (χ0v) is 12.5. The lowest BCUT2D eigenvalue weighted by molar-refractivity contribution is -0.111. The van der Waals surface area contributed by atoms with Crippen molar-refractivity contribution in [3.05, 3.63) is 64.1 Å². The van der Waals surface area contributed by atoms with Crippen LogP contribution in [0.15, 0.2) is 40.5 Å². The fourth-order valence-corrected chi connectivity index (χ4v) is 2.59. The number of Topliss-reactive ketones (excluding diaryl/α,β-unsaturated/α-hetero) is 2. The standard InChI is InChI=1S/C17H13BO4/c1-8-4-3-5-10(6-8)15(20)11-7-22-17-12(11)16(21)14(19)9(2)13(17)18/h3-7H,18H2,1-2H3. The quantitative estimate of drug-likeness (QED) is 0.482. The highest BCUT2D eigenvalue weighted by atomic mass is 16.3. The Balaban J connectivity index is 2.17. The number of hydrogen-bond acceptors (Lipinski definition) is 4. The van der Waals surface area contributed by atoms with Crippen LogP contribution in [-0.2, 0) is 4.79 Å².